The molecule has 0 unspecified atom stereocenters. The van der Waals surface area contributed by atoms with Crippen LogP contribution in [0.4, 0.5) is 8.78 Å². The van der Waals surface area contributed by atoms with Crippen LogP contribution < -0.4 is 10.1 Å². The average molecular weight is 334 g/mol. The highest BCUT2D eigenvalue weighted by atomic mass is 19.3. The van der Waals surface area contributed by atoms with Crippen LogP contribution in [0.15, 0.2) is 54.6 Å². The van der Waals surface area contributed by atoms with Gasteiger partial charge < -0.3 is 10.1 Å². The Bertz CT molecular complexity index is 633. The fourth-order valence-corrected chi connectivity index (χ4v) is 2.24. The van der Waals surface area contributed by atoms with Gasteiger partial charge in [-0.25, -0.2) is 0 Å². The van der Waals surface area contributed by atoms with Gasteiger partial charge in [-0.15, -0.1) is 0 Å². The molecule has 0 aromatic heterocycles. The lowest BCUT2D eigenvalue weighted by Gasteiger charge is -2.16. The summed E-state index contributed by atoms with van der Waals surface area (Å²) in [4.78, 5) is 13.8. The predicted molar refractivity (Wildman–Crippen MR) is 87.7 cm³/mol. The van der Waals surface area contributed by atoms with E-state index in [2.05, 4.69) is 10.1 Å². The number of amides is 1. The first-order chi connectivity index (χ1) is 11.5. The lowest BCUT2D eigenvalue weighted by molar-refractivity contribution is -0.122. The van der Waals surface area contributed by atoms with Crippen molar-refractivity contribution in [2.24, 2.45) is 0 Å². The maximum absolute atomic E-state index is 12.1. The molecule has 0 saturated heterocycles. The van der Waals surface area contributed by atoms with Crippen molar-refractivity contribution in [2.45, 2.75) is 19.7 Å². The summed E-state index contributed by atoms with van der Waals surface area (Å²) < 4.78 is 28.5. The number of alkyl halides is 2. The summed E-state index contributed by atoms with van der Waals surface area (Å²) in [6, 6.07) is 16.1. The number of halogens is 2. The van der Waals surface area contributed by atoms with Crippen LogP contribution >= 0.6 is 0 Å². The summed E-state index contributed by atoms with van der Waals surface area (Å²) in [5.74, 6) is 0.0519. The Morgan fingerprint density at radius 1 is 1.08 bits per heavy atom. The number of hydrogen-bond acceptors (Lipinski definition) is 3. The normalized spacial score (nSPS) is 10.9. The summed E-state index contributed by atoms with van der Waals surface area (Å²) in [5.41, 5.74) is 1.96. The van der Waals surface area contributed by atoms with Gasteiger partial charge in [-0.05, 0) is 30.3 Å². The highest BCUT2D eigenvalue weighted by Gasteiger charge is 2.08. The molecule has 0 atom stereocenters. The van der Waals surface area contributed by atoms with E-state index < -0.39 is 6.61 Å². The molecule has 0 aliphatic rings. The molecule has 2 rings (SSSR count). The van der Waals surface area contributed by atoms with E-state index in [4.69, 9.17) is 0 Å². The fourth-order valence-electron chi connectivity index (χ4n) is 2.24. The highest BCUT2D eigenvalue weighted by molar-refractivity contribution is 5.77. The van der Waals surface area contributed by atoms with Crippen molar-refractivity contribution in [2.75, 3.05) is 13.6 Å². The van der Waals surface area contributed by atoms with Gasteiger partial charge in [0.05, 0.1) is 6.54 Å². The van der Waals surface area contributed by atoms with Crippen molar-refractivity contribution < 1.29 is 18.3 Å². The van der Waals surface area contributed by atoms with Crippen molar-refractivity contribution >= 4 is 5.91 Å². The second-order valence-corrected chi connectivity index (χ2v) is 5.46. The molecule has 2 aromatic carbocycles. The SMILES string of the molecule is CN(CC(=O)NCc1ccccc1)Cc1ccc(OC(F)F)cc1. The maximum Gasteiger partial charge on any atom is 0.387 e. The van der Waals surface area contributed by atoms with Crippen molar-refractivity contribution in [3.63, 3.8) is 0 Å². The molecule has 1 amide bonds. The van der Waals surface area contributed by atoms with Crippen LogP contribution in [0.25, 0.3) is 0 Å². The molecular formula is C18H20F2N2O2. The first kappa shape index (κ1) is 17.9. The number of rotatable bonds is 8. The predicted octanol–water partition coefficient (Wildman–Crippen LogP) is 3.04. The third-order valence-corrected chi connectivity index (χ3v) is 3.35. The van der Waals surface area contributed by atoms with Gasteiger partial charge in [-0.1, -0.05) is 42.5 Å². The molecule has 128 valence electrons. The van der Waals surface area contributed by atoms with Gasteiger partial charge in [-0.2, -0.15) is 8.78 Å². The van der Waals surface area contributed by atoms with Gasteiger partial charge in [0.25, 0.3) is 0 Å². The minimum absolute atomic E-state index is 0.0704. The van der Waals surface area contributed by atoms with E-state index in [1.165, 1.54) is 12.1 Å². The molecular weight excluding hydrogens is 314 g/mol. The van der Waals surface area contributed by atoms with E-state index in [9.17, 15) is 13.6 Å². The number of ether oxygens (including phenoxy) is 1. The second kappa shape index (κ2) is 8.98. The van der Waals surface area contributed by atoms with E-state index in [-0.39, 0.29) is 18.2 Å². The van der Waals surface area contributed by atoms with E-state index in [1.807, 2.05) is 42.3 Å². The largest absolute Gasteiger partial charge is 0.435 e. The quantitative estimate of drug-likeness (QED) is 0.807. The van der Waals surface area contributed by atoms with Crippen LogP contribution in [0.5, 0.6) is 5.75 Å². The Labute approximate surface area is 140 Å². The molecule has 0 radical (unpaired) electrons. The van der Waals surface area contributed by atoms with Crippen LogP contribution in [0.3, 0.4) is 0 Å². The Kier molecular flexibility index (Phi) is 6.69. The number of nitrogens with one attached hydrogen (secondary N) is 1. The van der Waals surface area contributed by atoms with Crippen LogP contribution in [0.2, 0.25) is 0 Å². The Morgan fingerprint density at radius 3 is 2.38 bits per heavy atom. The van der Waals surface area contributed by atoms with Crippen LogP contribution in [-0.4, -0.2) is 31.0 Å². The number of nitrogens with zero attached hydrogens (tertiary/aromatic N) is 1. The minimum Gasteiger partial charge on any atom is -0.435 e. The van der Waals surface area contributed by atoms with Crippen LogP contribution in [-0.2, 0) is 17.9 Å². The Hall–Kier alpha value is -2.47. The summed E-state index contributed by atoms with van der Waals surface area (Å²) in [5, 5.41) is 2.86. The lowest BCUT2D eigenvalue weighted by Crippen LogP contribution is -2.34. The molecule has 1 N–H and O–H groups in total. The summed E-state index contributed by atoms with van der Waals surface area (Å²) >= 11 is 0. The van der Waals surface area contributed by atoms with Gasteiger partial charge in [0, 0.05) is 13.1 Å². The zero-order valence-electron chi connectivity index (χ0n) is 13.4. The average Bonchev–Trinajstić information content (AvgIpc) is 2.55. The van der Waals surface area contributed by atoms with Gasteiger partial charge in [0.15, 0.2) is 0 Å². The van der Waals surface area contributed by atoms with Crippen molar-refractivity contribution in [1.29, 1.82) is 0 Å². The summed E-state index contributed by atoms with van der Waals surface area (Å²) in [6.07, 6.45) is 0. The number of carbonyl (C=O) groups is 1. The molecule has 6 heteroatoms. The van der Waals surface area contributed by atoms with Gasteiger partial charge in [-0.3, -0.25) is 9.69 Å². The van der Waals surface area contributed by atoms with Crippen LogP contribution in [0.1, 0.15) is 11.1 Å². The van der Waals surface area contributed by atoms with E-state index in [0.717, 1.165) is 11.1 Å². The minimum atomic E-state index is -2.83. The monoisotopic (exact) mass is 334 g/mol. The number of likely N-dealkylation sites (N-methyl/N-ethyl adjacent to an activating group) is 1. The van der Waals surface area contributed by atoms with Gasteiger partial charge >= 0.3 is 6.61 Å². The third-order valence-electron chi connectivity index (χ3n) is 3.35. The summed E-state index contributed by atoms with van der Waals surface area (Å²) in [7, 11) is 1.83. The van der Waals surface area contributed by atoms with E-state index in [1.54, 1.807) is 12.1 Å². The molecule has 0 aliphatic carbocycles. The van der Waals surface area contributed by atoms with Gasteiger partial charge in [0.2, 0.25) is 5.91 Å². The molecule has 0 aliphatic heterocycles. The molecule has 4 nitrogen and oxygen atoms in total. The smallest absolute Gasteiger partial charge is 0.387 e. The van der Waals surface area contributed by atoms with Crippen molar-refractivity contribution in [1.82, 2.24) is 10.2 Å². The topological polar surface area (TPSA) is 41.6 Å². The molecule has 0 bridgehead atoms. The lowest BCUT2D eigenvalue weighted by atomic mass is 10.2. The second-order valence-electron chi connectivity index (χ2n) is 5.46. The van der Waals surface area contributed by atoms with E-state index >= 15 is 0 Å². The van der Waals surface area contributed by atoms with Crippen molar-refractivity contribution in [3.8, 4) is 5.75 Å². The number of benzene rings is 2. The zero-order valence-corrected chi connectivity index (χ0v) is 13.4. The van der Waals surface area contributed by atoms with Crippen molar-refractivity contribution in [3.05, 3.63) is 65.7 Å². The number of carbonyl (C=O) groups excluding carboxylic acids is 1. The molecule has 0 spiro atoms. The standard InChI is InChI=1S/C18H20F2N2O2/c1-22(12-15-7-9-16(10-8-15)24-18(19)20)13-17(23)21-11-14-5-3-2-4-6-14/h2-10,18H,11-13H2,1H3,(H,21,23). The molecule has 0 saturated carbocycles. The van der Waals surface area contributed by atoms with E-state index in [0.29, 0.717) is 13.1 Å². The first-order valence-corrected chi connectivity index (χ1v) is 7.56. The Balaban J connectivity index is 1.75. The van der Waals surface area contributed by atoms with Gasteiger partial charge in [0.1, 0.15) is 5.75 Å². The zero-order chi connectivity index (χ0) is 17.4. The molecule has 2 aromatic rings. The molecule has 24 heavy (non-hydrogen) atoms. The fraction of sp³-hybridized carbons (Fsp3) is 0.278. The number of hydrogen-bond donors (Lipinski definition) is 1. The maximum atomic E-state index is 12.1. The Morgan fingerprint density at radius 2 is 1.75 bits per heavy atom. The highest BCUT2D eigenvalue weighted by Crippen LogP contribution is 2.15. The molecule has 0 fully saturated rings. The van der Waals surface area contributed by atoms with Crippen LogP contribution in [0, 0.1) is 0 Å². The first-order valence-electron chi connectivity index (χ1n) is 7.56. The third kappa shape index (κ3) is 6.34. The molecule has 0 heterocycles. The summed E-state index contributed by atoms with van der Waals surface area (Å²) in [6.45, 7) is -1.55.